The van der Waals surface area contributed by atoms with Gasteiger partial charge in [0.25, 0.3) is 0 Å². The summed E-state index contributed by atoms with van der Waals surface area (Å²) in [5, 5.41) is 11.0. The molecule has 0 saturated carbocycles. The third kappa shape index (κ3) is 5.13. The molecule has 2 atom stereocenters. The van der Waals surface area contributed by atoms with Crippen molar-refractivity contribution in [1.29, 1.82) is 0 Å². The van der Waals surface area contributed by atoms with E-state index in [1.807, 2.05) is 31.5 Å². The van der Waals surface area contributed by atoms with Gasteiger partial charge in [-0.25, -0.2) is 4.98 Å². The third-order valence-electron chi connectivity index (χ3n) is 5.98. The van der Waals surface area contributed by atoms with E-state index >= 15 is 0 Å². The number of hydrogen-bond acceptors (Lipinski definition) is 7. The van der Waals surface area contributed by atoms with Crippen molar-refractivity contribution in [2.45, 2.75) is 65.0 Å². The van der Waals surface area contributed by atoms with Crippen LogP contribution in [0.15, 0.2) is 34.2 Å². The number of nitrogens with zero attached hydrogens (tertiary/aromatic N) is 4. The van der Waals surface area contributed by atoms with Gasteiger partial charge in [0.2, 0.25) is 23.6 Å². The Morgan fingerprint density at radius 3 is 2.67 bits per heavy atom. The quantitative estimate of drug-likeness (QED) is 0.537. The number of hydrogen-bond donors (Lipinski definition) is 1. The maximum atomic E-state index is 13.3. The lowest BCUT2D eigenvalue weighted by atomic mass is 10.0. The number of aryl methyl sites for hydroxylation is 2. The smallest absolute Gasteiger partial charge is 0.243 e. The van der Waals surface area contributed by atoms with Crippen LogP contribution in [0.2, 0.25) is 0 Å². The number of nitrogens with one attached hydrogen (secondary N) is 1. The summed E-state index contributed by atoms with van der Waals surface area (Å²) < 4.78 is 5.55. The highest BCUT2D eigenvalue weighted by Gasteiger charge is 2.38. The number of carbonyl (C=O) groups excluding carboxylic acids is 2. The van der Waals surface area contributed by atoms with Crippen LogP contribution in [0, 0.1) is 13.8 Å². The van der Waals surface area contributed by atoms with Crippen LogP contribution in [0.1, 0.15) is 61.6 Å². The molecule has 4 rings (SSSR count). The summed E-state index contributed by atoms with van der Waals surface area (Å²) in [6.07, 6.45) is 2.87. The summed E-state index contributed by atoms with van der Waals surface area (Å²) in [4.78, 5) is 33.5. The molecule has 2 amide bonds. The zero-order valence-electron chi connectivity index (χ0n) is 19.2. The topological polar surface area (TPSA) is 101 Å². The molecule has 3 aromatic rings. The van der Waals surface area contributed by atoms with E-state index in [9.17, 15) is 9.59 Å². The molecule has 0 bridgehead atoms. The summed E-state index contributed by atoms with van der Waals surface area (Å²) in [6.45, 7) is 6.70. The lowest BCUT2D eigenvalue weighted by molar-refractivity contribution is -0.140. The average Bonchev–Trinajstić information content (AvgIpc) is 3.57. The van der Waals surface area contributed by atoms with Crippen LogP contribution in [0.25, 0.3) is 10.4 Å². The zero-order valence-corrected chi connectivity index (χ0v) is 20.0. The van der Waals surface area contributed by atoms with Crippen LogP contribution in [0.4, 0.5) is 0 Å². The van der Waals surface area contributed by atoms with Crippen LogP contribution in [0.3, 0.4) is 0 Å². The molecular formula is C24H29N5O3S. The van der Waals surface area contributed by atoms with Crippen molar-refractivity contribution < 1.29 is 14.0 Å². The maximum absolute atomic E-state index is 13.3. The van der Waals surface area contributed by atoms with Gasteiger partial charge < -0.3 is 14.6 Å². The minimum absolute atomic E-state index is 0.109. The van der Waals surface area contributed by atoms with Crippen LogP contribution < -0.4 is 5.32 Å². The Balaban J connectivity index is 1.39. The van der Waals surface area contributed by atoms with Gasteiger partial charge in [0.05, 0.1) is 16.1 Å². The fourth-order valence-corrected chi connectivity index (χ4v) is 5.07. The Bertz CT molecular complexity index is 1110. The van der Waals surface area contributed by atoms with E-state index < -0.39 is 12.0 Å². The Labute approximate surface area is 197 Å². The first-order valence-corrected chi connectivity index (χ1v) is 12.2. The molecule has 0 radical (unpaired) electrons. The van der Waals surface area contributed by atoms with Gasteiger partial charge in [-0.15, -0.1) is 21.5 Å². The molecule has 9 heteroatoms. The van der Waals surface area contributed by atoms with Crippen molar-refractivity contribution in [1.82, 2.24) is 25.4 Å². The fourth-order valence-electron chi connectivity index (χ4n) is 4.26. The van der Waals surface area contributed by atoms with Crippen molar-refractivity contribution >= 4 is 23.2 Å². The van der Waals surface area contributed by atoms with Crippen LogP contribution in [-0.2, 0) is 16.1 Å². The number of aromatic nitrogens is 3. The lowest BCUT2D eigenvalue weighted by Crippen LogP contribution is -2.47. The van der Waals surface area contributed by atoms with Gasteiger partial charge in [-0.2, -0.15) is 0 Å². The van der Waals surface area contributed by atoms with Crippen molar-refractivity contribution in [2.24, 2.45) is 0 Å². The molecule has 1 aliphatic rings. The largest absolute Gasteiger partial charge is 0.425 e. The van der Waals surface area contributed by atoms with E-state index in [0.29, 0.717) is 37.7 Å². The number of carbonyl (C=O) groups is 2. The Morgan fingerprint density at radius 2 is 2.03 bits per heavy atom. The summed E-state index contributed by atoms with van der Waals surface area (Å²) in [5.74, 6) is 0.0303. The predicted octanol–water partition coefficient (Wildman–Crippen LogP) is 4.00. The minimum atomic E-state index is -0.507. The molecule has 3 heterocycles. The summed E-state index contributed by atoms with van der Waals surface area (Å²) in [6, 6.07) is 7.66. The van der Waals surface area contributed by atoms with Crippen molar-refractivity contribution in [2.75, 3.05) is 6.54 Å². The van der Waals surface area contributed by atoms with E-state index in [1.54, 1.807) is 23.2 Å². The third-order valence-corrected chi connectivity index (χ3v) is 6.96. The van der Waals surface area contributed by atoms with Crippen LogP contribution >= 0.6 is 11.3 Å². The Hall–Kier alpha value is -3.07. The molecule has 0 aliphatic carbocycles. The van der Waals surface area contributed by atoms with Gasteiger partial charge in [0, 0.05) is 20.0 Å². The Kier molecular flexibility index (Phi) is 7.17. The highest BCUT2D eigenvalue weighted by molar-refractivity contribution is 7.13. The van der Waals surface area contributed by atoms with Crippen molar-refractivity contribution in [3.05, 3.63) is 52.8 Å². The normalized spacial score (nSPS) is 16.7. The van der Waals surface area contributed by atoms with Gasteiger partial charge >= 0.3 is 0 Å². The number of benzene rings is 1. The second-order valence-corrected chi connectivity index (χ2v) is 9.23. The molecule has 1 fully saturated rings. The second-order valence-electron chi connectivity index (χ2n) is 8.37. The number of rotatable bonds is 8. The molecule has 174 valence electrons. The zero-order chi connectivity index (χ0) is 23.4. The molecular weight excluding hydrogens is 438 g/mol. The van der Waals surface area contributed by atoms with E-state index in [2.05, 4.69) is 32.6 Å². The highest BCUT2D eigenvalue weighted by Crippen LogP contribution is 2.29. The second kappa shape index (κ2) is 10.2. The first-order valence-electron chi connectivity index (χ1n) is 11.4. The number of thiazole rings is 1. The lowest BCUT2D eigenvalue weighted by Gasteiger charge is -2.27. The van der Waals surface area contributed by atoms with E-state index in [4.69, 9.17) is 4.42 Å². The molecule has 2 aromatic heterocycles. The van der Waals surface area contributed by atoms with Crippen LogP contribution in [-0.4, -0.2) is 44.5 Å². The maximum Gasteiger partial charge on any atom is 0.243 e. The first-order chi connectivity index (χ1) is 16.0. The van der Waals surface area contributed by atoms with Gasteiger partial charge in [-0.3, -0.25) is 9.59 Å². The fraction of sp³-hybridized carbons (Fsp3) is 0.458. The SMILES string of the molecule is CCC[C@@H](C(=O)N1CCC[C@H]1C(=O)NCc1ccc(-c2scnc2C)cc1)c1nnc(C)o1. The molecule has 33 heavy (non-hydrogen) atoms. The summed E-state index contributed by atoms with van der Waals surface area (Å²) in [5.41, 5.74) is 4.99. The monoisotopic (exact) mass is 467 g/mol. The van der Waals surface area contributed by atoms with Crippen LogP contribution in [0.5, 0.6) is 0 Å². The number of amides is 2. The van der Waals surface area contributed by atoms with Crippen molar-refractivity contribution in [3.63, 3.8) is 0 Å². The predicted molar refractivity (Wildman–Crippen MR) is 126 cm³/mol. The van der Waals surface area contributed by atoms with Gasteiger partial charge in [-0.05, 0) is 37.3 Å². The van der Waals surface area contributed by atoms with Crippen molar-refractivity contribution in [3.8, 4) is 10.4 Å². The van der Waals surface area contributed by atoms with Gasteiger partial charge in [-0.1, -0.05) is 37.6 Å². The van der Waals surface area contributed by atoms with E-state index in [1.165, 1.54) is 0 Å². The molecule has 1 saturated heterocycles. The molecule has 1 aromatic carbocycles. The van der Waals surface area contributed by atoms with E-state index in [-0.39, 0.29) is 11.8 Å². The molecule has 1 aliphatic heterocycles. The molecule has 0 spiro atoms. The van der Waals surface area contributed by atoms with Gasteiger partial charge in [0.1, 0.15) is 12.0 Å². The minimum Gasteiger partial charge on any atom is -0.425 e. The first kappa shape index (κ1) is 23.1. The highest BCUT2D eigenvalue weighted by atomic mass is 32.1. The van der Waals surface area contributed by atoms with E-state index in [0.717, 1.165) is 34.5 Å². The molecule has 1 N–H and O–H groups in total. The Morgan fingerprint density at radius 1 is 1.24 bits per heavy atom. The number of likely N-dealkylation sites (tertiary alicyclic amines) is 1. The molecule has 0 unspecified atom stereocenters. The summed E-state index contributed by atoms with van der Waals surface area (Å²) >= 11 is 1.62. The summed E-state index contributed by atoms with van der Waals surface area (Å²) in [7, 11) is 0. The standard InChI is InChI=1S/C24H29N5O3S/c1-4-6-19(23-28-27-16(3)32-23)24(31)29-12-5-7-20(29)22(30)25-13-17-8-10-18(11-9-17)21-15(2)26-14-33-21/h8-11,14,19-20H,4-7,12-13H2,1-3H3,(H,25,30)/t19-,20+/m1/s1. The van der Waals surface area contributed by atoms with Gasteiger partial charge in [0.15, 0.2) is 0 Å². The average molecular weight is 468 g/mol. The molecule has 8 nitrogen and oxygen atoms in total.